The van der Waals surface area contributed by atoms with E-state index >= 15 is 0 Å². The molecular weight excluding hydrogens is 294 g/mol. The largest absolute Gasteiger partial charge is 0.380 e. The van der Waals surface area contributed by atoms with Gasteiger partial charge >= 0.3 is 0 Å². The lowest BCUT2D eigenvalue weighted by atomic mass is 10.1. The number of carbonyl (C=O) groups excluding carboxylic acids is 1. The summed E-state index contributed by atoms with van der Waals surface area (Å²) in [6, 6.07) is 4.02. The second-order valence-electron chi connectivity index (χ2n) is 6.57. The summed E-state index contributed by atoms with van der Waals surface area (Å²) >= 11 is 0. The van der Waals surface area contributed by atoms with Gasteiger partial charge in [-0.25, -0.2) is 0 Å². The first-order valence-corrected chi connectivity index (χ1v) is 8.30. The Bertz CT molecular complexity index is 632. The molecule has 6 heteroatoms. The minimum absolute atomic E-state index is 0.0502. The van der Waals surface area contributed by atoms with Crippen molar-refractivity contribution in [1.29, 1.82) is 0 Å². The first kappa shape index (κ1) is 16.2. The van der Waals surface area contributed by atoms with Crippen molar-refractivity contribution in [3.63, 3.8) is 0 Å². The highest BCUT2D eigenvalue weighted by molar-refractivity contribution is 5.75. The van der Waals surface area contributed by atoms with E-state index in [1.165, 1.54) is 10.5 Å². The van der Waals surface area contributed by atoms with E-state index in [2.05, 4.69) is 4.90 Å². The Kier molecular flexibility index (Phi) is 4.82. The molecule has 126 valence electrons. The topological polar surface area (TPSA) is 54.8 Å². The predicted molar refractivity (Wildman–Crippen MR) is 87.6 cm³/mol. The van der Waals surface area contributed by atoms with Gasteiger partial charge in [-0.1, -0.05) is 6.07 Å². The monoisotopic (exact) mass is 319 g/mol. The number of likely N-dealkylation sites (N-methyl/N-ethyl adjacent to an activating group) is 1. The van der Waals surface area contributed by atoms with Gasteiger partial charge in [0, 0.05) is 58.0 Å². The molecule has 1 aromatic heterocycles. The lowest BCUT2D eigenvalue weighted by Crippen LogP contribution is -2.37. The van der Waals surface area contributed by atoms with E-state index in [1.807, 2.05) is 6.07 Å². The van der Waals surface area contributed by atoms with Crippen LogP contribution < -0.4 is 5.56 Å². The highest BCUT2D eigenvalue weighted by Gasteiger charge is 2.26. The number of fused-ring (bicyclic) bond motifs is 1. The maximum Gasteiger partial charge on any atom is 0.251 e. The van der Waals surface area contributed by atoms with Gasteiger partial charge in [-0.3, -0.25) is 14.5 Å². The fourth-order valence-corrected chi connectivity index (χ4v) is 3.44. The van der Waals surface area contributed by atoms with Crippen molar-refractivity contribution >= 4 is 5.91 Å². The van der Waals surface area contributed by atoms with Crippen molar-refractivity contribution in [2.45, 2.75) is 31.8 Å². The number of rotatable bonds is 3. The van der Waals surface area contributed by atoms with E-state index in [0.29, 0.717) is 6.04 Å². The van der Waals surface area contributed by atoms with Gasteiger partial charge < -0.3 is 14.2 Å². The fraction of sp³-hybridized carbons (Fsp3) is 0.647. The number of nitrogens with zero attached hydrogens (tertiary/aromatic N) is 3. The third-order valence-electron chi connectivity index (χ3n) is 4.91. The molecule has 0 saturated carbocycles. The van der Waals surface area contributed by atoms with Crippen LogP contribution >= 0.6 is 0 Å². The normalized spacial score (nSPS) is 21.7. The van der Waals surface area contributed by atoms with Gasteiger partial charge in [0.2, 0.25) is 5.91 Å². The maximum atomic E-state index is 12.3. The number of carbonyl (C=O) groups is 1. The Morgan fingerprint density at radius 2 is 2.09 bits per heavy atom. The average molecular weight is 319 g/mol. The fourth-order valence-electron chi connectivity index (χ4n) is 3.44. The molecule has 2 aliphatic rings. The summed E-state index contributed by atoms with van der Waals surface area (Å²) in [5, 5.41) is 0. The van der Waals surface area contributed by atoms with E-state index < -0.39 is 0 Å². The molecule has 0 aliphatic carbocycles. The highest BCUT2D eigenvalue weighted by atomic mass is 16.5. The Labute approximate surface area is 136 Å². The van der Waals surface area contributed by atoms with E-state index in [1.54, 1.807) is 24.7 Å². The van der Waals surface area contributed by atoms with Crippen molar-refractivity contribution in [2.75, 3.05) is 40.4 Å². The third kappa shape index (κ3) is 3.48. The molecule has 1 aromatic rings. The first-order chi connectivity index (χ1) is 11.1. The SMILES string of the molecule is CN(C)C(=O)Cn1c2c(ccc1=O)CCN(C1CCOC1)CC2. The van der Waals surface area contributed by atoms with E-state index in [9.17, 15) is 9.59 Å². The van der Waals surface area contributed by atoms with Crippen molar-refractivity contribution in [3.05, 3.63) is 33.7 Å². The smallest absolute Gasteiger partial charge is 0.251 e. The predicted octanol–water partition coefficient (Wildman–Crippen LogP) is 0.126. The van der Waals surface area contributed by atoms with Crippen LogP contribution in [-0.4, -0.2) is 66.7 Å². The lowest BCUT2D eigenvalue weighted by Gasteiger charge is -2.25. The van der Waals surface area contributed by atoms with Crippen LogP contribution in [0.2, 0.25) is 0 Å². The molecule has 3 rings (SSSR count). The molecule has 0 radical (unpaired) electrons. The zero-order chi connectivity index (χ0) is 16.4. The van der Waals surface area contributed by atoms with Crippen molar-refractivity contribution in [3.8, 4) is 0 Å². The van der Waals surface area contributed by atoms with Crippen LogP contribution in [0.3, 0.4) is 0 Å². The summed E-state index contributed by atoms with van der Waals surface area (Å²) in [7, 11) is 3.44. The summed E-state index contributed by atoms with van der Waals surface area (Å²) in [6.07, 6.45) is 2.81. The summed E-state index contributed by atoms with van der Waals surface area (Å²) in [6.45, 7) is 3.68. The molecule has 23 heavy (non-hydrogen) atoms. The van der Waals surface area contributed by atoms with Crippen LogP contribution in [0, 0.1) is 0 Å². The van der Waals surface area contributed by atoms with Crippen LogP contribution in [0.15, 0.2) is 16.9 Å². The minimum Gasteiger partial charge on any atom is -0.380 e. The van der Waals surface area contributed by atoms with E-state index in [0.717, 1.165) is 51.3 Å². The van der Waals surface area contributed by atoms with Gasteiger partial charge in [0.05, 0.1) is 6.61 Å². The number of ether oxygens (including phenoxy) is 1. The molecular formula is C17H25N3O3. The molecule has 1 fully saturated rings. The molecule has 0 aromatic carbocycles. The van der Waals surface area contributed by atoms with Crippen molar-refractivity contribution < 1.29 is 9.53 Å². The average Bonchev–Trinajstić information content (AvgIpc) is 2.97. The summed E-state index contributed by atoms with van der Waals surface area (Å²) in [4.78, 5) is 28.3. The number of hydrogen-bond acceptors (Lipinski definition) is 4. The Morgan fingerprint density at radius 1 is 1.30 bits per heavy atom. The molecule has 6 nitrogen and oxygen atoms in total. The lowest BCUT2D eigenvalue weighted by molar-refractivity contribution is -0.129. The van der Waals surface area contributed by atoms with Gasteiger partial charge in [-0.15, -0.1) is 0 Å². The second-order valence-corrected chi connectivity index (χ2v) is 6.57. The van der Waals surface area contributed by atoms with Crippen molar-refractivity contribution in [1.82, 2.24) is 14.4 Å². The van der Waals surface area contributed by atoms with Crippen LogP contribution in [0.25, 0.3) is 0 Å². The molecule has 3 heterocycles. The standard InChI is InChI=1S/C17H25N3O3/c1-18(2)17(22)11-20-15-6-9-19(14-7-10-23-12-14)8-5-13(15)3-4-16(20)21/h3-4,14H,5-12H2,1-2H3. The van der Waals surface area contributed by atoms with Crippen LogP contribution in [0.5, 0.6) is 0 Å². The van der Waals surface area contributed by atoms with Crippen LogP contribution in [0.1, 0.15) is 17.7 Å². The van der Waals surface area contributed by atoms with Crippen molar-refractivity contribution in [2.24, 2.45) is 0 Å². The quantitative estimate of drug-likeness (QED) is 0.794. The molecule has 2 aliphatic heterocycles. The number of hydrogen-bond donors (Lipinski definition) is 0. The van der Waals surface area contributed by atoms with Gasteiger partial charge in [0.15, 0.2) is 0 Å². The zero-order valence-corrected chi connectivity index (χ0v) is 14.0. The molecule has 0 bridgehead atoms. The van der Waals surface area contributed by atoms with Gasteiger partial charge in [0.25, 0.3) is 5.56 Å². The third-order valence-corrected chi connectivity index (χ3v) is 4.91. The summed E-state index contributed by atoms with van der Waals surface area (Å²) < 4.78 is 7.16. The van der Waals surface area contributed by atoms with Crippen LogP contribution in [-0.2, 0) is 28.9 Å². The van der Waals surface area contributed by atoms with E-state index in [-0.39, 0.29) is 18.0 Å². The molecule has 1 unspecified atom stereocenters. The van der Waals surface area contributed by atoms with Gasteiger partial charge in [0.1, 0.15) is 6.54 Å². The number of aromatic nitrogens is 1. The van der Waals surface area contributed by atoms with Gasteiger partial charge in [-0.2, -0.15) is 0 Å². The maximum absolute atomic E-state index is 12.3. The Hall–Kier alpha value is -1.66. The molecule has 1 saturated heterocycles. The zero-order valence-electron chi connectivity index (χ0n) is 14.0. The molecule has 1 amide bonds. The highest BCUT2D eigenvalue weighted by Crippen LogP contribution is 2.19. The first-order valence-electron chi connectivity index (χ1n) is 8.30. The minimum atomic E-state index is -0.0865. The molecule has 0 spiro atoms. The van der Waals surface area contributed by atoms with Crippen LogP contribution in [0.4, 0.5) is 0 Å². The molecule has 1 atom stereocenters. The van der Waals surface area contributed by atoms with E-state index in [4.69, 9.17) is 4.74 Å². The number of pyridine rings is 1. The Balaban J connectivity index is 1.83. The Morgan fingerprint density at radius 3 is 2.78 bits per heavy atom. The number of amides is 1. The summed E-state index contributed by atoms with van der Waals surface area (Å²) in [5.74, 6) is -0.0502. The second kappa shape index (κ2) is 6.84. The molecule has 0 N–H and O–H groups in total. The summed E-state index contributed by atoms with van der Waals surface area (Å²) in [5.41, 5.74) is 2.13. The van der Waals surface area contributed by atoms with Gasteiger partial charge in [-0.05, 0) is 18.4 Å².